The number of hydrogen-bond acceptors (Lipinski definition) is 2. The Morgan fingerprint density at radius 3 is 3.00 bits per heavy atom. The lowest BCUT2D eigenvalue weighted by Gasteiger charge is -1.99. The third-order valence-corrected chi connectivity index (χ3v) is 2.99. The Kier molecular flexibility index (Phi) is 2.96. The number of fused-ring (bicyclic) bond motifs is 1. The van der Waals surface area contributed by atoms with Crippen LogP contribution in [0.3, 0.4) is 0 Å². The molecule has 0 aliphatic carbocycles. The molecule has 1 heterocycles. The highest BCUT2D eigenvalue weighted by Crippen LogP contribution is 2.22. The Balaban J connectivity index is 2.43. The number of aryl methyl sites for hydroxylation is 2. The van der Waals surface area contributed by atoms with E-state index in [0.29, 0.717) is 6.42 Å². The van der Waals surface area contributed by atoms with Crippen molar-refractivity contribution >= 4 is 32.8 Å². The molecule has 5 heteroatoms. The van der Waals surface area contributed by atoms with Crippen LogP contribution in [0.5, 0.6) is 0 Å². The number of carbonyl (C=O) groups is 1. The number of aliphatic carboxylic acids is 1. The zero-order valence-electron chi connectivity index (χ0n) is 8.77. The van der Waals surface area contributed by atoms with Crippen LogP contribution in [0.1, 0.15) is 12.1 Å². The van der Waals surface area contributed by atoms with Crippen LogP contribution in [-0.2, 0) is 18.3 Å². The monoisotopic (exact) mass is 282 g/mol. The summed E-state index contributed by atoms with van der Waals surface area (Å²) in [5.41, 5.74) is 1.85. The topological polar surface area (TPSA) is 55.1 Å². The van der Waals surface area contributed by atoms with Gasteiger partial charge in [-0.25, -0.2) is 0 Å². The first-order chi connectivity index (χ1) is 7.58. The molecule has 16 heavy (non-hydrogen) atoms. The minimum Gasteiger partial charge on any atom is -0.481 e. The summed E-state index contributed by atoms with van der Waals surface area (Å²) >= 11 is 3.39. The van der Waals surface area contributed by atoms with Gasteiger partial charge in [0.05, 0.1) is 11.9 Å². The zero-order chi connectivity index (χ0) is 11.7. The maximum Gasteiger partial charge on any atom is 0.303 e. The number of carboxylic acid groups (broad SMARTS) is 1. The molecule has 4 nitrogen and oxygen atoms in total. The second-order valence-electron chi connectivity index (χ2n) is 3.63. The minimum absolute atomic E-state index is 0.130. The van der Waals surface area contributed by atoms with Gasteiger partial charge >= 0.3 is 5.97 Å². The standard InChI is InChI=1S/C11H11BrN2O2/c1-14-10(4-5-11(15)16)8-3-2-7(12)6-9(8)13-14/h2-3,6H,4-5H2,1H3,(H,15,16). The maximum absolute atomic E-state index is 10.6. The van der Waals surface area contributed by atoms with Gasteiger partial charge in [-0.05, 0) is 18.2 Å². The van der Waals surface area contributed by atoms with Crippen LogP contribution < -0.4 is 0 Å². The van der Waals surface area contributed by atoms with E-state index in [2.05, 4.69) is 21.0 Å². The fourth-order valence-corrected chi connectivity index (χ4v) is 2.10. The van der Waals surface area contributed by atoms with Gasteiger partial charge in [-0.1, -0.05) is 15.9 Å². The Labute approximate surface area is 101 Å². The molecule has 0 saturated carbocycles. The van der Waals surface area contributed by atoms with Crippen molar-refractivity contribution in [1.29, 1.82) is 0 Å². The molecule has 1 aromatic carbocycles. The van der Waals surface area contributed by atoms with E-state index in [1.165, 1.54) is 0 Å². The molecule has 84 valence electrons. The van der Waals surface area contributed by atoms with E-state index in [4.69, 9.17) is 5.11 Å². The summed E-state index contributed by atoms with van der Waals surface area (Å²) in [4.78, 5) is 10.6. The molecule has 0 atom stereocenters. The highest BCUT2D eigenvalue weighted by Gasteiger charge is 2.10. The lowest BCUT2D eigenvalue weighted by atomic mass is 10.1. The van der Waals surface area contributed by atoms with Gasteiger partial charge in [0.1, 0.15) is 0 Å². The number of hydrogen-bond donors (Lipinski definition) is 1. The predicted molar refractivity (Wildman–Crippen MR) is 64.4 cm³/mol. The third-order valence-electron chi connectivity index (χ3n) is 2.49. The van der Waals surface area contributed by atoms with E-state index in [1.54, 1.807) is 4.68 Å². The normalized spacial score (nSPS) is 10.9. The quantitative estimate of drug-likeness (QED) is 0.940. The van der Waals surface area contributed by atoms with Crippen LogP contribution in [0.4, 0.5) is 0 Å². The number of halogens is 1. The molecule has 0 aliphatic heterocycles. The van der Waals surface area contributed by atoms with E-state index in [1.807, 2.05) is 25.2 Å². The highest BCUT2D eigenvalue weighted by molar-refractivity contribution is 9.10. The van der Waals surface area contributed by atoms with Gasteiger partial charge in [0.25, 0.3) is 0 Å². The second kappa shape index (κ2) is 4.25. The van der Waals surface area contributed by atoms with Crippen molar-refractivity contribution in [3.8, 4) is 0 Å². The summed E-state index contributed by atoms with van der Waals surface area (Å²) in [6, 6.07) is 5.83. The van der Waals surface area contributed by atoms with Gasteiger partial charge in [0, 0.05) is 29.0 Å². The van der Waals surface area contributed by atoms with Gasteiger partial charge in [0.2, 0.25) is 0 Å². The Morgan fingerprint density at radius 2 is 2.31 bits per heavy atom. The van der Waals surface area contributed by atoms with Gasteiger partial charge in [-0.3, -0.25) is 9.48 Å². The molecule has 0 amide bonds. The summed E-state index contributed by atoms with van der Waals surface area (Å²) in [6.45, 7) is 0. The van der Waals surface area contributed by atoms with Crippen LogP contribution >= 0.6 is 15.9 Å². The number of benzene rings is 1. The Morgan fingerprint density at radius 1 is 1.56 bits per heavy atom. The minimum atomic E-state index is -0.786. The summed E-state index contributed by atoms with van der Waals surface area (Å²) in [5.74, 6) is -0.786. The molecule has 1 aromatic heterocycles. The van der Waals surface area contributed by atoms with Crippen LogP contribution in [0.25, 0.3) is 10.9 Å². The van der Waals surface area contributed by atoms with Gasteiger partial charge in [-0.2, -0.15) is 5.10 Å². The molecule has 0 fully saturated rings. The molecule has 0 saturated heterocycles. The molecular formula is C11H11BrN2O2. The molecule has 1 N–H and O–H groups in total. The van der Waals surface area contributed by atoms with Crippen molar-refractivity contribution in [3.05, 3.63) is 28.4 Å². The fraction of sp³-hybridized carbons (Fsp3) is 0.273. The molecule has 0 aliphatic rings. The van der Waals surface area contributed by atoms with Crippen LogP contribution in [0.15, 0.2) is 22.7 Å². The average molecular weight is 283 g/mol. The Bertz CT molecular complexity index is 548. The number of rotatable bonds is 3. The van der Waals surface area contributed by atoms with Gasteiger partial charge < -0.3 is 5.11 Å². The Hall–Kier alpha value is -1.36. The van der Waals surface area contributed by atoms with E-state index >= 15 is 0 Å². The van der Waals surface area contributed by atoms with Crippen molar-refractivity contribution in [3.63, 3.8) is 0 Å². The number of carboxylic acids is 1. The summed E-state index contributed by atoms with van der Waals surface area (Å²) in [6.07, 6.45) is 0.634. The molecule has 0 radical (unpaired) electrons. The lowest BCUT2D eigenvalue weighted by Crippen LogP contribution is -2.03. The first-order valence-corrected chi connectivity index (χ1v) is 5.70. The van der Waals surface area contributed by atoms with E-state index in [9.17, 15) is 4.79 Å². The number of nitrogens with zero attached hydrogens (tertiary/aromatic N) is 2. The first kappa shape index (κ1) is 11.1. The molecule has 0 unspecified atom stereocenters. The van der Waals surface area contributed by atoms with Crippen molar-refractivity contribution in [1.82, 2.24) is 9.78 Å². The molecule has 0 spiro atoms. The second-order valence-corrected chi connectivity index (χ2v) is 4.54. The maximum atomic E-state index is 10.6. The molecule has 2 aromatic rings. The van der Waals surface area contributed by atoms with Gasteiger partial charge in [-0.15, -0.1) is 0 Å². The van der Waals surface area contributed by atoms with Crippen molar-refractivity contribution in [2.24, 2.45) is 7.05 Å². The summed E-state index contributed by atoms with van der Waals surface area (Å²) in [7, 11) is 1.84. The third kappa shape index (κ3) is 2.09. The first-order valence-electron chi connectivity index (χ1n) is 4.91. The number of aromatic nitrogens is 2. The van der Waals surface area contributed by atoms with E-state index in [-0.39, 0.29) is 6.42 Å². The average Bonchev–Trinajstić information content (AvgIpc) is 2.50. The van der Waals surface area contributed by atoms with E-state index in [0.717, 1.165) is 21.1 Å². The fourth-order valence-electron chi connectivity index (χ4n) is 1.75. The predicted octanol–water partition coefficient (Wildman–Crippen LogP) is 2.35. The molecule has 0 bridgehead atoms. The molecule has 2 rings (SSSR count). The van der Waals surface area contributed by atoms with Crippen molar-refractivity contribution in [2.45, 2.75) is 12.8 Å². The van der Waals surface area contributed by atoms with Gasteiger partial charge in [0.15, 0.2) is 0 Å². The van der Waals surface area contributed by atoms with Crippen LogP contribution in [0, 0.1) is 0 Å². The van der Waals surface area contributed by atoms with Crippen molar-refractivity contribution < 1.29 is 9.90 Å². The van der Waals surface area contributed by atoms with E-state index < -0.39 is 5.97 Å². The van der Waals surface area contributed by atoms with Crippen LogP contribution in [0.2, 0.25) is 0 Å². The lowest BCUT2D eigenvalue weighted by molar-refractivity contribution is -0.136. The van der Waals surface area contributed by atoms with Crippen LogP contribution in [-0.4, -0.2) is 20.9 Å². The molecular weight excluding hydrogens is 272 g/mol. The summed E-state index contributed by atoms with van der Waals surface area (Å²) in [5, 5.41) is 14.0. The summed E-state index contributed by atoms with van der Waals surface area (Å²) < 4.78 is 2.72. The largest absolute Gasteiger partial charge is 0.481 e. The smallest absolute Gasteiger partial charge is 0.303 e. The SMILES string of the molecule is Cn1nc2cc(Br)ccc2c1CCC(=O)O. The highest BCUT2D eigenvalue weighted by atomic mass is 79.9. The van der Waals surface area contributed by atoms with Crippen molar-refractivity contribution in [2.75, 3.05) is 0 Å². The zero-order valence-corrected chi connectivity index (χ0v) is 10.4.